The van der Waals surface area contributed by atoms with Crippen LogP contribution in [-0.4, -0.2) is 18.0 Å². The van der Waals surface area contributed by atoms with Crippen LogP contribution in [0.5, 0.6) is 0 Å². The summed E-state index contributed by atoms with van der Waals surface area (Å²) in [5.41, 5.74) is 6.69. The van der Waals surface area contributed by atoms with Crippen LogP contribution in [0.3, 0.4) is 0 Å². The van der Waals surface area contributed by atoms with E-state index in [2.05, 4.69) is 17.7 Å². The van der Waals surface area contributed by atoms with Crippen molar-refractivity contribution >= 4 is 0 Å². The van der Waals surface area contributed by atoms with E-state index in [1.807, 2.05) is 13.0 Å². The summed E-state index contributed by atoms with van der Waals surface area (Å²) >= 11 is 0. The van der Waals surface area contributed by atoms with Crippen LogP contribution in [-0.2, 0) is 13.1 Å². The van der Waals surface area contributed by atoms with Gasteiger partial charge in [0.25, 0.3) is 0 Å². The highest BCUT2D eigenvalue weighted by Crippen LogP contribution is 2.16. The number of hydrogen-bond donors (Lipinski definition) is 1. The molecule has 3 heteroatoms. The molecule has 0 saturated heterocycles. The quantitative estimate of drug-likeness (QED) is 0.742. The predicted molar refractivity (Wildman–Crippen MR) is 61.1 cm³/mol. The van der Waals surface area contributed by atoms with Crippen molar-refractivity contribution in [3.8, 4) is 12.3 Å². The molecule has 15 heavy (non-hydrogen) atoms. The third-order valence-electron chi connectivity index (χ3n) is 2.43. The highest BCUT2D eigenvalue weighted by atomic mass is 16.3. The lowest BCUT2D eigenvalue weighted by atomic mass is 10.2. The Balaban J connectivity index is 2.70. The number of nitrogens with two attached hydrogens (primary N) is 1. The Bertz CT molecular complexity index is 349. The first-order valence-electron chi connectivity index (χ1n) is 5.15. The predicted octanol–water partition coefficient (Wildman–Crippen LogP) is 1.50. The fourth-order valence-corrected chi connectivity index (χ4v) is 1.49. The Morgan fingerprint density at radius 1 is 1.60 bits per heavy atom. The van der Waals surface area contributed by atoms with E-state index in [1.165, 1.54) is 5.56 Å². The van der Waals surface area contributed by atoms with Crippen molar-refractivity contribution in [1.29, 1.82) is 0 Å². The number of nitrogens with zero attached hydrogens (tertiary/aromatic N) is 1. The Morgan fingerprint density at radius 3 is 2.80 bits per heavy atom. The third-order valence-corrected chi connectivity index (χ3v) is 2.43. The van der Waals surface area contributed by atoms with Crippen LogP contribution < -0.4 is 5.73 Å². The summed E-state index contributed by atoms with van der Waals surface area (Å²) in [7, 11) is 0. The molecule has 82 valence electrons. The molecule has 0 saturated carbocycles. The van der Waals surface area contributed by atoms with Gasteiger partial charge in [-0.25, -0.2) is 0 Å². The molecular weight excluding hydrogens is 188 g/mol. The van der Waals surface area contributed by atoms with E-state index in [0.717, 1.165) is 24.6 Å². The molecule has 0 aliphatic rings. The van der Waals surface area contributed by atoms with Gasteiger partial charge in [0.15, 0.2) is 0 Å². The van der Waals surface area contributed by atoms with Crippen molar-refractivity contribution in [2.24, 2.45) is 5.73 Å². The highest BCUT2D eigenvalue weighted by Gasteiger charge is 2.09. The lowest BCUT2D eigenvalue weighted by Crippen LogP contribution is -2.23. The summed E-state index contributed by atoms with van der Waals surface area (Å²) in [6.45, 7) is 6.93. The molecule has 1 aromatic rings. The first kappa shape index (κ1) is 11.8. The molecule has 0 atom stereocenters. The lowest BCUT2D eigenvalue weighted by Gasteiger charge is -2.16. The minimum Gasteiger partial charge on any atom is -0.465 e. The Labute approximate surface area is 91.2 Å². The molecule has 1 aromatic heterocycles. The number of rotatable bonds is 5. The minimum atomic E-state index is 0.447. The molecule has 2 N–H and O–H groups in total. The van der Waals surface area contributed by atoms with Crippen LogP contribution in [0.25, 0.3) is 0 Å². The zero-order chi connectivity index (χ0) is 11.3. The first-order chi connectivity index (χ1) is 7.21. The summed E-state index contributed by atoms with van der Waals surface area (Å²) < 4.78 is 5.48. The van der Waals surface area contributed by atoms with Crippen LogP contribution in [0.4, 0.5) is 0 Å². The second kappa shape index (κ2) is 5.59. The fraction of sp³-hybridized carbons (Fsp3) is 0.500. The number of furan rings is 1. The topological polar surface area (TPSA) is 42.4 Å². The van der Waals surface area contributed by atoms with Gasteiger partial charge in [0.05, 0.1) is 13.1 Å². The number of terminal acetylenes is 1. The van der Waals surface area contributed by atoms with Crippen LogP contribution in [0.15, 0.2) is 10.5 Å². The van der Waals surface area contributed by atoms with Gasteiger partial charge in [0, 0.05) is 12.1 Å². The minimum absolute atomic E-state index is 0.447. The van der Waals surface area contributed by atoms with Gasteiger partial charge >= 0.3 is 0 Å². The smallest absolute Gasteiger partial charge is 0.118 e. The van der Waals surface area contributed by atoms with Gasteiger partial charge in [-0.2, -0.15) is 0 Å². The third kappa shape index (κ3) is 3.12. The van der Waals surface area contributed by atoms with Gasteiger partial charge in [-0.3, -0.25) is 4.90 Å². The van der Waals surface area contributed by atoms with Crippen LogP contribution in [0, 0.1) is 19.3 Å². The lowest BCUT2D eigenvalue weighted by molar-refractivity contribution is 0.313. The van der Waals surface area contributed by atoms with Gasteiger partial charge in [0.2, 0.25) is 0 Å². The van der Waals surface area contributed by atoms with Gasteiger partial charge in [-0.1, -0.05) is 12.8 Å². The van der Waals surface area contributed by atoms with Crippen molar-refractivity contribution in [3.63, 3.8) is 0 Å². The molecule has 1 rings (SSSR count). The molecule has 0 radical (unpaired) electrons. The maximum Gasteiger partial charge on any atom is 0.118 e. The van der Waals surface area contributed by atoms with E-state index in [1.54, 1.807) is 0 Å². The summed E-state index contributed by atoms with van der Waals surface area (Å²) in [5.74, 6) is 4.42. The van der Waals surface area contributed by atoms with E-state index in [0.29, 0.717) is 13.1 Å². The van der Waals surface area contributed by atoms with Crippen molar-refractivity contribution in [2.75, 3.05) is 13.1 Å². The zero-order valence-electron chi connectivity index (χ0n) is 9.42. The second-order valence-corrected chi connectivity index (χ2v) is 3.51. The summed E-state index contributed by atoms with van der Waals surface area (Å²) in [4.78, 5) is 2.18. The average molecular weight is 206 g/mol. The fourth-order valence-electron chi connectivity index (χ4n) is 1.49. The molecule has 0 spiro atoms. The Hall–Kier alpha value is -1.24. The Kier molecular flexibility index (Phi) is 4.41. The molecule has 0 amide bonds. The maximum atomic E-state index is 5.51. The monoisotopic (exact) mass is 206 g/mol. The van der Waals surface area contributed by atoms with Gasteiger partial charge in [-0.05, 0) is 19.5 Å². The number of hydrogen-bond acceptors (Lipinski definition) is 3. The molecular formula is C12H18N2O. The van der Waals surface area contributed by atoms with Crippen LogP contribution in [0.1, 0.15) is 24.0 Å². The van der Waals surface area contributed by atoms with E-state index in [9.17, 15) is 0 Å². The second-order valence-electron chi connectivity index (χ2n) is 3.51. The molecule has 0 aliphatic carbocycles. The molecule has 0 aromatic carbocycles. The average Bonchev–Trinajstić information content (AvgIpc) is 2.59. The van der Waals surface area contributed by atoms with Crippen molar-refractivity contribution in [1.82, 2.24) is 4.90 Å². The van der Waals surface area contributed by atoms with E-state index in [-0.39, 0.29) is 0 Å². The molecule has 0 bridgehead atoms. The van der Waals surface area contributed by atoms with Crippen molar-refractivity contribution < 1.29 is 4.42 Å². The molecule has 0 unspecified atom stereocenters. The van der Waals surface area contributed by atoms with Crippen LogP contribution in [0.2, 0.25) is 0 Å². The van der Waals surface area contributed by atoms with Gasteiger partial charge < -0.3 is 10.2 Å². The molecule has 0 fully saturated rings. The molecule has 1 heterocycles. The van der Waals surface area contributed by atoms with Crippen molar-refractivity contribution in [3.05, 3.63) is 23.2 Å². The SMILES string of the molecule is C#CCN(CC)Cc1cc(CN)oc1C. The summed E-state index contributed by atoms with van der Waals surface area (Å²) in [6, 6.07) is 2.01. The van der Waals surface area contributed by atoms with E-state index in [4.69, 9.17) is 16.6 Å². The summed E-state index contributed by atoms with van der Waals surface area (Å²) in [6.07, 6.45) is 5.29. The highest BCUT2D eigenvalue weighted by molar-refractivity contribution is 5.20. The maximum absolute atomic E-state index is 5.51. The number of aryl methyl sites for hydroxylation is 1. The standard InChI is InChI=1S/C12H18N2O/c1-4-6-14(5-2)9-11-7-12(8-13)15-10(11)3/h1,7H,5-6,8-9,13H2,2-3H3. The molecule has 3 nitrogen and oxygen atoms in total. The summed E-state index contributed by atoms with van der Waals surface area (Å²) in [5, 5.41) is 0. The normalized spacial score (nSPS) is 10.6. The molecule has 0 aliphatic heterocycles. The first-order valence-corrected chi connectivity index (χ1v) is 5.15. The van der Waals surface area contributed by atoms with Crippen LogP contribution >= 0.6 is 0 Å². The largest absolute Gasteiger partial charge is 0.465 e. The Morgan fingerprint density at radius 2 is 2.33 bits per heavy atom. The van der Waals surface area contributed by atoms with E-state index >= 15 is 0 Å². The van der Waals surface area contributed by atoms with Gasteiger partial charge in [0.1, 0.15) is 11.5 Å². The van der Waals surface area contributed by atoms with E-state index < -0.39 is 0 Å². The van der Waals surface area contributed by atoms with Gasteiger partial charge in [-0.15, -0.1) is 6.42 Å². The zero-order valence-corrected chi connectivity index (χ0v) is 9.42. The van der Waals surface area contributed by atoms with Crippen molar-refractivity contribution in [2.45, 2.75) is 26.9 Å².